The van der Waals surface area contributed by atoms with Crippen LogP contribution in [0.5, 0.6) is 0 Å². The Bertz CT molecular complexity index is 786. The van der Waals surface area contributed by atoms with E-state index in [1.54, 1.807) is 6.20 Å². The maximum Gasteiger partial charge on any atom is 0.256 e. The third kappa shape index (κ3) is 3.89. The van der Waals surface area contributed by atoms with E-state index in [2.05, 4.69) is 26.2 Å². The second-order valence-corrected chi connectivity index (χ2v) is 7.50. The first kappa shape index (κ1) is 15.7. The highest BCUT2D eigenvalue weighted by Gasteiger charge is 2.11. The fraction of sp³-hybridized carbons (Fsp3) is 0.143. The van der Waals surface area contributed by atoms with E-state index in [1.165, 1.54) is 24.3 Å². The molecule has 7 heteroatoms. The van der Waals surface area contributed by atoms with Crippen molar-refractivity contribution >= 4 is 37.5 Å². The topological polar surface area (TPSA) is 76.1 Å². The minimum atomic E-state index is -3.26. The molecule has 21 heavy (non-hydrogen) atoms. The highest BCUT2D eigenvalue weighted by atomic mass is 79.9. The van der Waals surface area contributed by atoms with Gasteiger partial charge in [-0.3, -0.25) is 4.79 Å². The molecule has 0 fully saturated rings. The summed E-state index contributed by atoms with van der Waals surface area (Å²) in [6, 6.07) is 7.60. The van der Waals surface area contributed by atoms with Gasteiger partial charge in [-0.2, -0.15) is 0 Å². The van der Waals surface area contributed by atoms with Crippen molar-refractivity contribution in [1.29, 1.82) is 0 Å². The number of hydrogen-bond donors (Lipinski definition) is 1. The first-order valence-electron chi connectivity index (χ1n) is 6.01. The van der Waals surface area contributed by atoms with Gasteiger partial charge in [-0.25, -0.2) is 13.4 Å². The van der Waals surface area contributed by atoms with Gasteiger partial charge in [-0.15, -0.1) is 0 Å². The maximum atomic E-state index is 12.1. The number of anilines is 1. The van der Waals surface area contributed by atoms with Gasteiger partial charge in [-0.1, -0.05) is 0 Å². The molecule has 0 saturated carbocycles. The van der Waals surface area contributed by atoms with Crippen molar-refractivity contribution in [3.63, 3.8) is 0 Å². The molecular formula is C14H13BrN2O3S. The second kappa shape index (κ2) is 5.95. The van der Waals surface area contributed by atoms with Gasteiger partial charge in [0.05, 0.1) is 4.90 Å². The number of hydrogen-bond acceptors (Lipinski definition) is 4. The van der Waals surface area contributed by atoms with Gasteiger partial charge in [0.15, 0.2) is 9.84 Å². The molecule has 0 aliphatic rings. The first-order valence-corrected chi connectivity index (χ1v) is 8.69. The molecule has 2 rings (SSSR count). The van der Waals surface area contributed by atoms with Crippen molar-refractivity contribution in [3.05, 3.63) is 52.1 Å². The van der Waals surface area contributed by atoms with Crippen LogP contribution < -0.4 is 5.32 Å². The summed E-state index contributed by atoms with van der Waals surface area (Å²) in [6.07, 6.45) is 2.71. The van der Waals surface area contributed by atoms with Gasteiger partial charge in [0.25, 0.3) is 5.91 Å². The van der Waals surface area contributed by atoms with Crippen molar-refractivity contribution in [1.82, 2.24) is 4.98 Å². The summed E-state index contributed by atoms with van der Waals surface area (Å²) in [5.74, 6) is 0.128. The van der Waals surface area contributed by atoms with E-state index in [0.29, 0.717) is 11.4 Å². The Morgan fingerprint density at radius 1 is 1.24 bits per heavy atom. The van der Waals surface area contributed by atoms with Crippen LogP contribution in [0, 0.1) is 6.92 Å². The van der Waals surface area contributed by atoms with Crippen LogP contribution in [-0.2, 0) is 9.84 Å². The summed E-state index contributed by atoms with van der Waals surface area (Å²) >= 11 is 3.30. The van der Waals surface area contributed by atoms with E-state index in [0.717, 1.165) is 16.3 Å². The van der Waals surface area contributed by atoms with Crippen molar-refractivity contribution in [3.8, 4) is 0 Å². The molecule has 1 heterocycles. The summed E-state index contributed by atoms with van der Waals surface area (Å²) in [4.78, 5) is 16.4. The van der Waals surface area contributed by atoms with Crippen LogP contribution >= 0.6 is 15.9 Å². The van der Waals surface area contributed by atoms with Gasteiger partial charge < -0.3 is 5.32 Å². The number of aromatic nitrogens is 1. The molecule has 0 atom stereocenters. The summed E-state index contributed by atoms with van der Waals surface area (Å²) in [7, 11) is -3.26. The molecule has 1 aromatic heterocycles. The number of sulfone groups is 1. The minimum Gasteiger partial charge on any atom is -0.306 e. The summed E-state index contributed by atoms with van der Waals surface area (Å²) in [5, 5.41) is 2.69. The predicted octanol–water partition coefficient (Wildman–Crippen LogP) is 2.81. The highest BCUT2D eigenvalue weighted by molar-refractivity contribution is 9.10. The van der Waals surface area contributed by atoms with E-state index >= 15 is 0 Å². The lowest BCUT2D eigenvalue weighted by Crippen LogP contribution is -2.14. The minimum absolute atomic E-state index is 0.178. The summed E-state index contributed by atoms with van der Waals surface area (Å²) in [5.41, 5.74) is 1.19. The van der Waals surface area contributed by atoms with Gasteiger partial charge in [0.1, 0.15) is 5.82 Å². The molecule has 0 radical (unpaired) electrons. The molecule has 1 N–H and O–H groups in total. The van der Waals surface area contributed by atoms with Crippen LogP contribution in [0.15, 0.2) is 45.9 Å². The number of nitrogens with one attached hydrogen (secondary N) is 1. The number of rotatable bonds is 3. The van der Waals surface area contributed by atoms with E-state index in [-0.39, 0.29) is 10.8 Å². The number of benzene rings is 1. The van der Waals surface area contributed by atoms with Crippen molar-refractivity contribution < 1.29 is 13.2 Å². The normalized spacial score (nSPS) is 11.2. The predicted molar refractivity (Wildman–Crippen MR) is 84.2 cm³/mol. The largest absolute Gasteiger partial charge is 0.306 e. The molecule has 0 spiro atoms. The summed E-state index contributed by atoms with van der Waals surface area (Å²) < 4.78 is 23.6. The molecule has 5 nitrogen and oxygen atoms in total. The van der Waals surface area contributed by atoms with E-state index in [4.69, 9.17) is 0 Å². The van der Waals surface area contributed by atoms with Gasteiger partial charge in [-0.05, 0) is 58.7 Å². The van der Waals surface area contributed by atoms with E-state index < -0.39 is 9.84 Å². The third-order valence-corrected chi connectivity index (χ3v) is 4.38. The Balaban J connectivity index is 2.21. The molecule has 0 bridgehead atoms. The number of carbonyl (C=O) groups is 1. The van der Waals surface area contributed by atoms with Crippen molar-refractivity contribution in [2.45, 2.75) is 11.8 Å². The van der Waals surface area contributed by atoms with Gasteiger partial charge in [0, 0.05) is 22.5 Å². The van der Waals surface area contributed by atoms with Crippen LogP contribution in [0.1, 0.15) is 15.9 Å². The Morgan fingerprint density at radius 2 is 1.86 bits per heavy atom. The zero-order valence-corrected chi connectivity index (χ0v) is 13.8. The Morgan fingerprint density at radius 3 is 2.38 bits per heavy atom. The van der Waals surface area contributed by atoms with E-state index in [9.17, 15) is 13.2 Å². The lowest BCUT2D eigenvalue weighted by atomic mass is 10.2. The maximum absolute atomic E-state index is 12.1. The smallest absolute Gasteiger partial charge is 0.256 e. The third-order valence-electron chi connectivity index (χ3n) is 2.82. The zero-order chi connectivity index (χ0) is 15.6. The van der Waals surface area contributed by atoms with Crippen LogP contribution in [0.3, 0.4) is 0 Å². The Kier molecular flexibility index (Phi) is 4.43. The number of aryl methyl sites for hydroxylation is 1. The number of halogens is 1. The van der Waals surface area contributed by atoms with Crippen molar-refractivity contribution in [2.24, 2.45) is 0 Å². The standard InChI is InChI=1S/C14H13BrN2O3S/c1-9-7-11(15)8-16-13(9)17-14(18)10-3-5-12(6-4-10)21(2,19)20/h3-8H,1-2H3,(H,16,17,18). The zero-order valence-electron chi connectivity index (χ0n) is 11.4. The molecule has 0 aliphatic heterocycles. The van der Waals surface area contributed by atoms with Gasteiger partial charge in [0.2, 0.25) is 0 Å². The van der Waals surface area contributed by atoms with Crippen LogP contribution in [0.25, 0.3) is 0 Å². The van der Waals surface area contributed by atoms with Crippen LogP contribution in [0.2, 0.25) is 0 Å². The fourth-order valence-corrected chi connectivity index (χ4v) is 2.78. The van der Waals surface area contributed by atoms with E-state index in [1.807, 2.05) is 13.0 Å². The Hall–Kier alpha value is -1.73. The molecule has 2 aromatic rings. The van der Waals surface area contributed by atoms with Gasteiger partial charge >= 0.3 is 0 Å². The number of nitrogens with zero attached hydrogens (tertiary/aromatic N) is 1. The second-order valence-electron chi connectivity index (χ2n) is 4.57. The number of pyridine rings is 1. The molecular weight excluding hydrogens is 356 g/mol. The van der Waals surface area contributed by atoms with Crippen LogP contribution in [0.4, 0.5) is 5.82 Å². The highest BCUT2D eigenvalue weighted by Crippen LogP contribution is 2.18. The van der Waals surface area contributed by atoms with Crippen LogP contribution in [-0.4, -0.2) is 25.6 Å². The first-order chi connectivity index (χ1) is 9.77. The fourth-order valence-electron chi connectivity index (χ4n) is 1.70. The lowest BCUT2D eigenvalue weighted by Gasteiger charge is -2.08. The lowest BCUT2D eigenvalue weighted by molar-refractivity contribution is 0.102. The molecule has 0 unspecified atom stereocenters. The average molecular weight is 369 g/mol. The molecule has 1 amide bonds. The SMILES string of the molecule is Cc1cc(Br)cnc1NC(=O)c1ccc(S(C)(=O)=O)cc1. The monoisotopic (exact) mass is 368 g/mol. The molecule has 110 valence electrons. The number of carbonyl (C=O) groups excluding carboxylic acids is 1. The number of amides is 1. The summed E-state index contributed by atoms with van der Waals surface area (Å²) in [6.45, 7) is 1.83. The van der Waals surface area contributed by atoms with Crippen molar-refractivity contribution in [2.75, 3.05) is 11.6 Å². The molecule has 0 aliphatic carbocycles. The Labute approximate surface area is 131 Å². The average Bonchev–Trinajstić information content (AvgIpc) is 2.41. The quantitative estimate of drug-likeness (QED) is 0.903. The molecule has 0 saturated heterocycles. The molecule has 1 aromatic carbocycles.